The summed E-state index contributed by atoms with van der Waals surface area (Å²) >= 11 is 6.96. The lowest BCUT2D eigenvalue weighted by atomic mass is 10.1. The van der Waals surface area contributed by atoms with Gasteiger partial charge >= 0.3 is 0 Å². The fourth-order valence-corrected chi connectivity index (χ4v) is 2.94. The van der Waals surface area contributed by atoms with Crippen molar-refractivity contribution in [3.05, 3.63) is 39.3 Å². The van der Waals surface area contributed by atoms with Gasteiger partial charge in [-0.25, -0.2) is 4.99 Å². The molecule has 0 saturated heterocycles. The number of aliphatic imine (C=N–C) groups is 1. The minimum Gasteiger partial charge on any atom is -0.370 e. The molecule has 0 saturated carbocycles. The predicted octanol–water partition coefficient (Wildman–Crippen LogP) is 3.27. The van der Waals surface area contributed by atoms with Crippen LogP contribution in [0, 0.1) is 0 Å². The standard InChI is InChI=1S/C11H9Br2N3/c12-8-5-9(13)10(16-11(14)15)7-4-2-1-3-6(7)8/h1-5H,(H4,14,15,16). The molecule has 2 aromatic rings. The molecule has 2 aromatic carbocycles. The molecule has 16 heavy (non-hydrogen) atoms. The second-order valence-electron chi connectivity index (χ2n) is 3.27. The molecule has 0 aliphatic rings. The largest absolute Gasteiger partial charge is 0.370 e. The summed E-state index contributed by atoms with van der Waals surface area (Å²) in [6.07, 6.45) is 0. The highest BCUT2D eigenvalue weighted by atomic mass is 79.9. The van der Waals surface area contributed by atoms with Crippen LogP contribution in [0.4, 0.5) is 5.69 Å². The summed E-state index contributed by atoms with van der Waals surface area (Å²) in [5.41, 5.74) is 11.6. The highest BCUT2D eigenvalue weighted by Gasteiger charge is 2.08. The topological polar surface area (TPSA) is 64.4 Å². The highest BCUT2D eigenvalue weighted by Crippen LogP contribution is 2.38. The SMILES string of the molecule is NC(N)=Nc1c(Br)cc(Br)c2ccccc12. The van der Waals surface area contributed by atoms with Crippen LogP contribution in [0.25, 0.3) is 10.8 Å². The predicted molar refractivity (Wildman–Crippen MR) is 74.8 cm³/mol. The molecule has 0 atom stereocenters. The summed E-state index contributed by atoms with van der Waals surface area (Å²) < 4.78 is 1.86. The van der Waals surface area contributed by atoms with Crippen molar-refractivity contribution < 1.29 is 0 Å². The lowest BCUT2D eigenvalue weighted by molar-refractivity contribution is 1.42. The summed E-state index contributed by atoms with van der Waals surface area (Å²) in [6.45, 7) is 0. The van der Waals surface area contributed by atoms with E-state index in [0.29, 0.717) is 0 Å². The van der Waals surface area contributed by atoms with E-state index < -0.39 is 0 Å². The van der Waals surface area contributed by atoms with Crippen molar-refractivity contribution >= 4 is 54.3 Å². The number of guanidine groups is 1. The molecule has 0 bridgehead atoms. The van der Waals surface area contributed by atoms with Crippen LogP contribution in [0.5, 0.6) is 0 Å². The monoisotopic (exact) mass is 341 g/mol. The minimum atomic E-state index is 0.0492. The van der Waals surface area contributed by atoms with Crippen molar-refractivity contribution in [3.8, 4) is 0 Å². The molecule has 0 unspecified atom stereocenters. The molecule has 0 radical (unpaired) electrons. The third kappa shape index (κ3) is 2.05. The molecule has 0 spiro atoms. The lowest BCUT2D eigenvalue weighted by Crippen LogP contribution is -2.21. The van der Waals surface area contributed by atoms with Crippen molar-refractivity contribution in [2.24, 2.45) is 16.5 Å². The Balaban J connectivity index is 2.87. The van der Waals surface area contributed by atoms with Gasteiger partial charge in [-0.05, 0) is 27.4 Å². The number of hydrogen-bond donors (Lipinski definition) is 2. The van der Waals surface area contributed by atoms with Crippen LogP contribution in [0.3, 0.4) is 0 Å². The van der Waals surface area contributed by atoms with Gasteiger partial charge in [-0.1, -0.05) is 40.2 Å². The van der Waals surface area contributed by atoms with E-state index in [9.17, 15) is 0 Å². The number of nitrogens with two attached hydrogens (primary N) is 2. The van der Waals surface area contributed by atoms with E-state index >= 15 is 0 Å². The Morgan fingerprint density at radius 3 is 2.25 bits per heavy atom. The first kappa shape index (κ1) is 11.4. The fourth-order valence-electron chi connectivity index (χ4n) is 1.53. The molecule has 82 valence electrons. The van der Waals surface area contributed by atoms with Crippen LogP contribution >= 0.6 is 31.9 Å². The number of benzene rings is 2. The van der Waals surface area contributed by atoms with Gasteiger partial charge in [0.05, 0.1) is 5.69 Å². The third-order valence-corrected chi connectivity index (χ3v) is 3.42. The molecule has 2 rings (SSSR count). The fraction of sp³-hybridized carbons (Fsp3) is 0. The molecule has 4 N–H and O–H groups in total. The normalized spacial score (nSPS) is 10.4. The third-order valence-electron chi connectivity index (χ3n) is 2.16. The van der Waals surface area contributed by atoms with Gasteiger partial charge in [-0.2, -0.15) is 0 Å². The smallest absolute Gasteiger partial charge is 0.191 e. The molecule has 0 amide bonds. The van der Waals surface area contributed by atoms with Gasteiger partial charge in [0.2, 0.25) is 0 Å². The first-order chi connectivity index (χ1) is 7.59. The number of nitrogens with zero attached hydrogens (tertiary/aromatic N) is 1. The van der Waals surface area contributed by atoms with Crippen molar-refractivity contribution in [1.82, 2.24) is 0 Å². The quantitative estimate of drug-likeness (QED) is 0.617. The van der Waals surface area contributed by atoms with Crippen LogP contribution in [0.1, 0.15) is 0 Å². The molecular formula is C11H9Br2N3. The Morgan fingerprint density at radius 2 is 1.62 bits per heavy atom. The van der Waals surface area contributed by atoms with E-state index in [-0.39, 0.29) is 5.96 Å². The van der Waals surface area contributed by atoms with Gasteiger partial charge in [0.1, 0.15) is 0 Å². The van der Waals surface area contributed by atoms with E-state index in [1.54, 1.807) is 0 Å². The average molecular weight is 343 g/mol. The zero-order valence-electron chi connectivity index (χ0n) is 8.24. The van der Waals surface area contributed by atoms with Crippen LogP contribution in [0.2, 0.25) is 0 Å². The second-order valence-corrected chi connectivity index (χ2v) is 4.98. The average Bonchev–Trinajstić information content (AvgIpc) is 2.24. The zero-order valence-corrected chi connectivity index (χ0v) is 11.4. The molecule has 3 nitrogen and oxygen atoms in total. The summed E-state index contributed by atoms with van der Waals surface area (Å²) in [7, 11) is 0. The van der Waals surface area contributed by atoms with E-state index in [0.717, 1.165) is 25.4 Å². The van der Waals surface area contributed by atoms with Gasteiger partial charge in [-0.15, -0.1) is 0 Å². The molecule has 0 aliphatic heterocycles. The highest BCUT2D eigenvalue weighted by molar-refractivity contribution is 9.11. The maximum Gasteiger partial charge on any atom is 0.191 e. The Kier molecular flexibility index (Phi) is 3.16. The van der Waals surface area contributed by atoms with Crippen molar-refractivity contribution in [2.45, 2.75) is 0 Å². The zero-order chi connectivity index (χ0) is 11.7. The Morgan fingerprint density at radius 1 is 1.00 bits per heavy atom. The summed E-state index contributed by atoms with van der Waals surface area (Å²) in [6, 6.07) is 9.85. The summed E-state index contributed by atoms with van der Waals surface area (Å²) in [4.78, 5) is 4.13. The molecule has 0 heterocycles. The van der Waals surface area contributed by atoms with Gasteiger partial charge in [0.15, 0.2) is 5.96 Å². The van der Waals surface area contributed by atoms with Gasteiger partial charge in [0.25, 0.3) is 0 Å². The van der Waals surface area contributed by atoms with E-state index in [4.69, 9.17) is 11.5 Å². The van der Waals surface area contributed by atoms with Crippen LogP contribution in [-0.4, -0.2) is 5.96 Å². The van der Waals surface area contributed by atoms with E-state index in [2.05, 4.69) is 36.9 Å². The number of rotatable bonds is 1. The minimum absolute atomic E-state index is 0.0492. The van der Waals surface area contributed by atoms with E-state index in [1.807, 2.05) is 30.3 Å². The Hall–Kier alpha value is -1.07. The molecular weight excluding hydrogens is 334 g/mol. The van der Waals surface area contributed by atoms with Crippen LogP contribution in [0.15, 0.2) is 44.3 Å². The lowest BCUT2D eigenvalue weighted by Gasteiger charge is -2.07. The second kappa shape index (κ2) is 4.43. The van der Waals surface area contributed by atoms with Crippen molar-refractivity contribution in [1.29, 1.82) is 0 Å². The number of halogens is 2. The first-order valence-corrected chi connectivity index (χ1v) is 6.14. The summed E-state index contributed by atoms with van der Waals surface area (Å²) in [5.74, 6) is 0.0492. The maximum absolute atomic E-state index is 5.42. The molecule has 0 aromatic heterocycles. The molecule has 5 heteroatoms. The van der Waals surface area contributed by atoms with Gasteiger partial charge < -0.3 is 11.5 Å². The molecule has 0 aliphatic carbocycles. The molecule has 0 fully saturated rings. The van der Waals surface area contributed by atoms with Crippen molar-refractivity contribution in [3.63, 3.8) is 0 Å². The van der Waals surface area contributed by atoms with Gasteiger partial charge in [0, 0.05) is 14.3 Å². The van der Waals surface area contributed by atoms with E-state index in [1.165, 1.54) is 0 Å². The number of fused-ring (bicyclic) bond motifs is 1. The van der Waals surface area contributed by atoms with Crippen LogP contribution in [-0.2, 0) is 0 Å². The Bertz CT molecular complexity index is 575. The Labute approximate surface area is 110 Å². The summed E-state index contributed by atoms with van der Waals surface area (Å²) in [5, 5.41) is 2.07. The first-order valence-electron chi connectivity index (χ1n) is 4.56. The van der Waals surface area contributed by atoms with Gasteiger partial charge in [-0.3, -0.25) is 0 Å². The maximum atomic E-state index is 5.42. The van der Waals surface area contributed by atoms with Crippen LogP contribution < -0.4 is 11.5 Å². The number of hydrogen-bond acceptors (Lipinski definition) is 1. The van der Waals surface area contributed by atoms with Crippen molar-refractivity contribution in [2.75, 3.05) is 0 Å².